The van der Waals surface area contributed by atoms with E-state index in [0.717, 1.165) is 5.75 Å². The molecule has 1 atom stereocenters. The summed E-state index contributed by atoms with van der Waals surface area (Å²) < 4.78 is 5.50. The molecule has 1 rings (SSSR count). The second kappa shape index (κ2) is 5.06. The van der Waals surface area contributed by atoms with E-state index >= 15 is 0 Å². The molecule has 4 nitrogen and oxygen atoms in total. The highest BCUT2D eigenvalue weighted by atomic mass is 32.2. The Kier molecular flexibility index (Phi) is 4.36. The number of nitrogens with two attached hydrogens (primary N) is 1. The van der Waals surface area contributed by atoms with E-state index in [4.69, 9.17) is 10.5 Å². The maximum atomic E-state index is 12.1. The predicted octanol–water partition coefficient (Wildman–Crippen LogP) is 2.08. The molecule has 1 amide bonds. The zero-order valence-electron chi connectivity index (χ0n) is 11.4. The summed E-state index contributed by atoms with van der Waals surface area (Å²) >= 11 is 1.86. The van der Waals surface area contributed by atoms with Crippen molar-refractivity contribution in [3.8, 4) is 0 Å². The Morgan fingerprint density at radius 3 is 2.59 bits per heavy atom. The monoisotopic (exact) mass is 260 g/mol. The van der Waals surface area contributed by atoms with Gasteiger partial charge in [0.15, 0.2) is 0 Å². The van der Waals surface area contributed by atoms with Crippen molar-refractivity contribution in [3.63, 3.8) is 0 Å². The largest absolute Gasteiger partial charge is 0.444 e. The van der Waals surface area contributed by atoms with Crippen LogP contribution in [0.3, 0.4) is 0 Å². The average Bonchev–Trinajstić information content (AvgIpc) is 2.13. The van der Waals surface area contributed by atoms with Crippen LogP contribution in [0, 0.1) is 0 Å². The van der Waals surface area contributed by atoms with E-state index in [-0.39, 0.29) is 16.9 Å². The number of hydrogen-bond acceptors (Lipinski definition) is 4. The molecule has 1 fully saturated rings. The molecule has 1 heterocycles. The second-order valence-electron chi connectivity index (χ2n) is 6.07. The molecule has 17 heavy (non-hydrogen) atoms. The molecule has 0 aromatic rings. The summed E-state index contributed by atoms with van der Waals surface area (Å²) in [5, 5.41) is 0. The minimum atomic E-state index is -0.453. The first-order valence-electron chi connectivity index (χ1n) is 5.98. The van der Waals surface area contributed by atoms with Crippen molar-refractivity contribution in [2.45, 2.75) is 51.0 Å². The third-order valence-corrected chi connectivity index (χ3v) is 4.02. The Labute approximate surface area is 108 Å². The van der Waals surface area contributed by atoms with Crippen LogP contribution >= 0.6 is 11.8 Å². The zero-order valence-corrected chi connectivity index (χ0v) is 12.3. The highest BCUT2D eigenvalue weighted by Gasteiger charge is 2.37. The third kappa shape index (κ3) is 4.39. The van der Waals surface area contributed by atoms with Gasteiger partial charge in [0, 0.05) is 23.6 Å². The molecule has 0 bridgehead atoms. The number of hydrogen-bond donors (Lipinski definition) is 1. The number of nitrogens with zero attached hydrogens (tertiary/aromatic N) is 1. The van der Waals surface area contributed by atoms with Crippen molar-refractivity contribution in [3.05, 3.63) is 0 Å². The van der Waals surface area contributed by atoms with E-state index in [9.17, 15) is 4.79 Å². The summed E-state index contributed by atoms with van der Waals surface area (Å²) in [5.74, 6) is 0.878. The zero-order chi connectivity index (χ0) is 13.3. The summed E-state index contributed by atoms with van der Waals surface area (Å²) in [6.07, 6.45) is -0.249. The van der Waals surface area contributed by atoms with Crippen LogP contribution in [0.15, 0.2) is 0 Å². The predicted molar refractivity (Wildman–Crippen MR) is 72.3 cm³/mol. The topological polar surface area (TPSA) is 55.6 Å². The van der Waals surface area contributed by atoms with Gasteiger partial charge in [-0.1, -0.05) is 0 Å². The van der Waals surface area contributed by atoms with Crippen LogP contribution in [0.4, 0.5) is 4.79 Å². The van der Waals surface area contributed by atoms with Crippen molar-refractivity contribution in [1.29, 1.82) is 0 Å². The van der Waals surface area contributed by atoms with Crippen molar-refractivity contribution < 1.29 is 9.53 Å². The molecular weight excluding hydrogens is 236 g/mol. The number of carbonyl (C=O) groups is 1. The first kappa shape index (κ1) is 14.6. The summed E-state index contributed by atoms with van der Waals surface area (Å²) in [7, 11) is 0. The van der Waals surface area contributed by atoms with E-state index in [1.165, 1.54) is 0 Å². The van der Waals surface area contributed by atoms with Gasteiger partial charge in [-0.25, -0.2) is 4.79 Å². The van der Waals surface area contributed by atoms with Crippen LogP contribution in [0.2, 0.25) is 0 Å². The fourth-order valence-electron chi connectivity index (χ4n) is 1.73. The lowest BCUT2D eigenvalue weighted by atomic mass is 10.1. The molecule has 1 aliphatic heterocycles. The number of carbonyl (C=O) groups excluding carboxylic acids is 1. The van der Waals surface area contributed by atoms with Gasteiger partial charge >= 0.3 is 6.09 Å². The van der Waals surface area contributed by atoms with Crippen molar-refractivity contribution >= 4 is 17.9 Å². The quantitative estimate of drug-likeness (QED) is 0.784. The molecule has 100 valence electrons. The minimum Gasteiger partial charge on any atom is -0.444 e. The lowest BCUT2D eigenvalue weighted by Gasteiger charge is -2.43. The van der Waals surface area contributed by atoms with Gasteiger partial charge in [-0.15, -0.1) is 0 Å². The lowest BCUT2D eigenvalue weighted by molar-refractivity contribution is 0.0160. The molecule has 0 aliphatic carbocycles. The standard InChI is InChI=1S/C12H24N2O2S/c1-11(2,3)16-10(15)14-8-12(4,5)17-7-9(14)6-13/h9H,6-8,13H2,1-5H3/t9-/m0/s1. The average molecular weight is 260 g/mol. The fraction of sp³-hybridized carbons (Fsp3) is 0.917. The third-order valence-electron chi connectivity index (χ3n) is 2.56. The van der Waals surface area contributed by atoms with Crippen LogP contribution in [0.1, 0.15) is 34.6 Å². The minimum absolute atomic E-state index is 0.0720. The highest BCUT2D eigenvalue weighted by Crippen LogP contribution is 2.33. The molecule has 1 aliphatic rings. The Bertz CT molecular complexity index is 287. The van der Waals surface area contributed by atoms with Gasteiger partial charge in [0.2, 0.25) is 0 Å². The van der Waals surface area contributed by atoms with Gasteiger partial charge in [0.25, 0.3) is 0 Å². The summed E-state index contributed by atoms with van der Waals surface area (Å²) in [6, 6.07) is 0.0860. The summed E-state index contributed by atoms with van der Waals surface area (Å²) in [4.78, 5) is 13.9. The number of ether oxygens (including phenoxy) is 1. The van der Waals surface area contributed by atoms with Gasteiger partial charge in [0.05, 0.1) is 6.04 Å². The molecule has 0 aromatic carbocycles. The molecule has 0 unspecified atom stereocenters. The molecule has 0 radical (unpaired) electrons. The molecule has 0 aromatic heterocycles. The first-order chi connectivity index (χ1) is 7.64. The van der Waals surface area contributed by atoms with Crippen molar-refractivity contribution in [2.75, 3.05) is 18.8 Å². The van der Waals surface area contributed by atoms with E-state index in [2.05, 4.69) is 13.8 Å². The van der Waals surface area contributed by atoms with Crippen LogP contribution in [-0.4, -0.2) is 46.2 Å². The van der Waals surface area contributed by atoms with Gasteiger partial charge in [-0.2, -0.15) is 11.8 Å². The van der Waals surface area contributed by atoms with Gasteiger partial charge in [-0.05, 0) is 34.6 Å². The Balaban J connectivity index is 2.73. The Hall–Kier alpha value is -0.420. The van der Waals surface area contributed by atoms with Crippen LogP contribution in [0.25, 0.3) is 0 Å². The number of rotatable bonds is 1. The summed E-state index contributed by atoms with van der Waals surface area (Å²) in [6.45, 7) is 11.1. The fourth-order valence-corrected chi connectivity index (χ4v) is 2.92. The molecule has 0 spiro atoms. The van der Waals surface area contributed by atoms with Crippen molar-refractivity contribution in [1.82, 2.24) is 4.90 Å². The van der Waals surface area contributed by atoms with Crippen molar-refractivity contribution in [2.24, 2.45) is 5.73 Å². The first-order valence-corrected chi connectivity index (χ1v) is 6.97. The number of amides is 1. The summed E-state index contributed by atoms with van der Waals surface area (Å²) in [5.41, 5.74) is 5.27. The van der Waals surface area contributed by atoms with Gasteiger partial charge in [0.1, 0.15) is 5.60 Å². The molecule has 2 N–H and O–H groups in total. The van der Waals surface area contributed by atoms with Crippen LogP contribution < -0.4 is 5.73 Å². The van der Waals surface area contributed by atoms with Crippen LogP contribution in [0.5, 0.6) is 0 Å². The SMILES string of the molecule is CC(C)(C)OC(=O)N1CC(C)(C)SC[C@@H]1CN. The second-order valence-corrected chi connectivity index (χ2v) is 7.80. The normalized spacial score (nSPS) is 24.6. The van der Waals surface area contributed by atoms with Gasteiger partial charge in [-0.3, -0.25) is 0 Å². The lowest BCUT2D eigenvalue weighted by Crippen LogP contribution is -2.55. The number of thioether (sulfide) groups is 1. The smallest absolute Gasteiger partial charge is 0.410 e. The molecule has 0 saturated carbocycles. The van der Waals surface area contributed by atoms with E-state index in [1.807, 2.05) is 32.5 Å². The highest BCUT2D eigenvalue weighted by molar-refractivity contribution is 8.00. The maximum absolute atomic E-state index is 12.1. The van der Waals surface area contributed by atoms with Crippen LogP contribution in [-0.2, 0) is 4.74 Å². The molecule has 5 heteroatoms. The molecular formula is C12H24N2O2S. The Morgan fingerprint density at radius 1 is 1.53 bits per heavy atom. The Morgan fingerprint density at radius 2 is 2.12 bits per heavy atom. The van der Waals surface area contributed by atoms with E-state index in [0.29, 0.717) is 13.1 Å². The van der Waals surface area contributed by atoms with Gasteiger partial charge < -0.3 is 15.4 Å². The van der Waals surface area contributed by atoms with E-state index in [1.54, 1.807) is 4.90 Å². The maximum Gasteiger partial charge on any atom is 0.410 e. The van der Waals surface area contributed by atoms with E-state index < -0.39 is 5.60 Å². The molecule has 1 saturated heterocycles.